The molecule has 16 heavy (non-hydrogen) atoms. The van der Waals surface area contributed by atoms with E-state index in [-0.39, 0.29) is 0 Å². The summed E-state index contributed by atoms with van der Waals surface area (Å²) in [7, 11) is 1.65. The van der Waals surface area contributed by atoms with Crippen LogP contribution in [0.1, 0.15) is 5.56 Å². The average molecular weight is 214 g/mol. The van der Waals surface area contributed by atoms with Crippen LogP contribution < -0.4 is 9.47 Å². The molecule has 0 amide bonds. The van der Waals surface area contributed by atoms with Gasteiger partial charge in [0.1, 0.15) is 18.1 Å². The summed E-state index contributed by atoms with van der Waals surface area (Å²) in [6.45, 7) is 0.577. The first-order chi connectivity index (χ1) is 7.88. The molecule has 0 saturated heterocycles. The van der Waals surface area contributed by atoms with Gasteiger partial charge in [0.15, 0.2) is 0 Å². The molecule has 82 valence electrons. The predicted octanol–water partition coefficient (Wildman–Crippen LogP) is 3.27. The first kappa shape index (κ1) is 10.6. The van der Waals surface area contributed by atoms with Crippen molar-refractivity contribution in [3.63, 3.8) is 0 Å². The second kappa shape index (κ2) is 5.21. The SMILES string of the molecule is COc1cccc(OCc2ccccc2)c1. The van der Waals surface area contributed by atoms with E-state index in [9.17, 15) is 0 Å². The van der Waals surface area contributed by atoms with Crippen molar-refractivity contribution in [3.8, 4) is 11.5 Å². The molecular formula is C14H14O2. The third-order valence-electron chi connectivity index (χ3n) is 2.29. The topological polar surface area (TPSA) is 18.5 Å². The molecule has 0 atom stereocenters. The minimum Gasteiger partial charge on any atom is -0.497 e. The monoisotopic (exact) mass is 214 g/mol. The van der Waals surface area contributed by atoms with Gasteiger partial charge in [0.2, 0.25) is 0 Å². The summed E-state index contributed by atoms with van der Waals surface area (Å²) in [6.07, 6.45) is 0. The Morgan fingerprint density at radius 3 is 2.38 bits per heavy atom. The molecule has 0 aliphatic heterocycles. The lowest BCUT2D eigenvalue weighted by atomic mass is 10.2. The number of benzene rings is 2. The van der Waals surface area contributed by atoms with Crippen molar-refractivity contribution < 1.29 is 9.47 Å². The number of rotatable bonds is 4. The summed E-state index contributed by atoms with van der Waals surface area (Å²) in [5, 5.41) is 0. The first-order valence-corrected chi connectivity index (χ1v) is 5.19. The molecule has 0 radical (unpaired) electrons. The van der Waals surface area contributed by atoms with Crippen molar-refractivity contribution in [3.05, 3.63) is 60.2 Å². The summed E-state index contributed by atoms with van der Waals surface area (Å²) in [5.41, 5.74) is 1.16. The predicted molar refractivity (Wildman–Crippen MR) is 63.8 cm³/mol. The van der Waals surface area contributed by atoms with Gasteiger partial charge in [-0.1, -0.05) is 36.4 Å². The van der Waals surface area contributed by atoms with E-state index in [1.807, 2.05) is 54.6 Å². The van der Waals surface area contributed by atoms with Gasteiger partial charge < -0.3 is 9.47 Å². The maximum Gasteiger partial charge on any atom is 0.123 e. The van der Waals surface area contributed by atoms with Gasteiger partial charge >= 0.3 is 0 Å². The van der Waals surface area contributed by atoms with Crippen LogP contribution in [0.2, 0.25) is 0 Å². The summed E-state index contributed by atoms with van der Waals surface area (Å²) in [5.74, 6) is 1.63. The van der Waals surface area contributed by atoms with E-state index in [0.717, 1.165) is 17.1 Å². The molecule has 2 heteroatoms. The zero-order chi connectivity index (χ0) is 11.2. The Balaban J connectivity index is 1.99. The number of hydrogen-bond acceptors (Lipinski definition) is 2. The second-order valence-electron chi connectivity index (χ2n) is 3.45. The minimum absolute atomic E-state index is 0.577. The van der Waals surface area contributed by atoms with Crippen molar-refractivity contribution in [1.29, 1.82) is 0 Å². The standard InChI is InChI=1S/C14H14O2/c1-15-13-8-5-9-14(10-13)16-11-12-6-3-2-4-7-12/h2-10H,11H2,1H3. The summed E-state index contributed by atoms with van der Waals surface area (Å²) >= 11 is 0. The van der Waals surface area contributed by atoms with Crippen LogP contribution in [0.5, 0.6) is 11.5 Å². The molecule has 0 aromatic heterocycles. The normalized spacial score (nSPS) is 9.81. The Labute approximate surface area is 95.4 Å². The number of hydrogen-bond donors (Lipinski definition) is 0. The second-order valence-corrected chi connectivity index (χ2v) is 3.45. The van der Waals surface area contributed by atoms with Crippen molar-refractivity contribution in [2.24, 2.45) is 0 Å². The third-order valence-corrected chi connectivity index (χ3v) is 2.29. The van der Waals surface area contributed by atoms with Crippen molar-refractivity contribution >= 4 is 0 Å². The molecule has 0 fully saturated rings. The molecule has 0 aliphatic rings. The maximum absolute atomic E-state index is 5.65. The molecule has 0 heterocycles. The molecule has 0 bridgehead atoms. The largest absolute Gasteiger partial charge is 0.497 e. The van der Waals surface area contributed by atoms with E-state index < -0.39 is 0 Å². The van der Waals surface area contributed by atoms with E-state index >= 15 is 0 Å². The van der Waals surface area contributed by atoms with Gasteiger partial charge in [-0.05, 0) is 17.7 Å². The van der Waals surface area contributed by atoms with Crippen LogP contribution in [-0.2, 0) is 6.61 Å². The average Bonchev–Trinajstić information content (AvgIpc) is 2.38. The lowest BCUT2D eigenvalue weighted by Crippen LogP contribution is -1.95. The van der Waals surface area contributed by atoms with E-state index in [4.69, 9.17) is 9.47 Å². The van der Waals surface area contributed by atoms with Crippen LogP contribution in [0.4, 0.5) is 0 Å². The number of methoxy groups -OCH3 is 1. The lowest BCUT2D eigenvalue weighted by Gasteiger charge is -2.07. The first-order valence-electron chi connectivity index (χ1n) is 5.19. The third kappa shape index (κ3) is 2.76. The van der Waals surface area contributed by atoms with Crippen LogP contribution in [0, 0.1) is 0 Å². The fourth-order valence-electron chi connectivity index (χ4n) is 1.43. The van der Waals surface area contributed by atoms with Gasteiger partial charge in [-0.3, -0.25) is 0 Å². The quantitative estimate of drug-likeness (QED) is 0.777. The highest BCUT2D eigenvalue weighted by Gasteiger charge is 1.97. The smallest absolute Gasteiger partial charge is 0.123 e. The fraction of sp³-hybridized carbons (Fsp3) is 0.143. The summed E-state index contributed by atoms with van der Waals surface area (Å²) < 4.78 is 10.8. The highest BCUT2D eigenvalue weighted by atomic mass is 16.5. The molecule has 2 aromatic carbocycles. The highest BCUT2D eigenvalue weighted by Crippen LogP contribution is 2.19. The van der Waals surface area contributed by atoms with Gasteiger partial charge in [0, 0.05) is 6.07 Å². The molecule has 0 unspecified atom stereocenters. The van der Waals surface area contributed by atoms with Gasteiger partial charge in [0.25, 0.3) is 0 Å². The Bertz CT molecular complexity index is 437. The Morgan fingerprint density at radius 2 is 1.62 bits per heavy atom. The van der Waals surface area contributed by atoms with Crippen LogP contribution in [0.3, 0.4) is 0 Å². The molecule has 2 rings (SSSR count). The van der Waals surface area contributed by atoms with Crippen LogP contribution in [0.15, 0.2) is 54.6 Å². The molecule has 2 aromatic rings. The summed E-state index contributed by atoms with van der Waals surface area (Å²) in [6, 6.07) is 17.7. The van der Waals surface area contributed by atoms with Crippen LogP contribution >= 0.6 is 0 Å². The van der Waals surface area contributed by atoms with E-state index in [1.165, 1.54) is 0 Å². The van der Waals surface area contributed by atoms with E-state index in [2.05, 4.69) is 0 Å². The van der Waals surface area contributed by atoms with Gasteiger partial charge in [-0.2, -0.15) is 0 Å². The molecule has 0 aliphatic carbocycles. The Hall–Kier alpha value is -1.96. The van der Waals surface area contributed by atoms with Crippen molar-refractivity contribution in [1.82, 2.24) is 0 Å². The van der Waals surface area contributed by atoms with E-state index in [1.54, 1.807) is 7.11 Å². The molecular weight excluding hydrogens is 200 g/mol. The molecule has 0 saturated carbocycles. The van der Waals surface area contributed by atoms with Crippen LogP contribution in [-0.4, -0.2) is 7.11 Å². The van der Waals surface area contributed by atoms with Crippen molar-refractivity contribution in [2.45, 2.75) is 6.61 Å². The van der Waals surface area contributed by atoms with Gasteiger partial charge in [-0.25, -0.2) is 0 Å². The zero-order valence-corrected chi connectivity index (χ0v) is 9.22. The maximum atomic E-state index is 5.65. The van der Waals surface area contributed by atoms with Gasteiger partial charge in [0.05, 0.1) is 7.11 Å². The van der Waals surface area contributed by atoms with E-state index in [0.29, 0.717) is 6.61 Å². The lowest BCUT2D eigenvalue weighted by molar-refractivity contribution is 0.303. The highest BCUT2D eigenvalue weighted by molar-refractivity contribution is 5.33. The zero-order valence-electron chi connectivity index (χ0n) is 9.22. The Morgan fingerprint density at radius 1 is 0.875 bits per heavy atom. The van der Waals surface area contributed by atoms with Crippen LogP contribution in [0.25, 0.3) is 0 Å². The molecule has 2 nitrogen and oxygen atoms in total. The number of ether oxygens (including phenoxy) is 2. The van der Waals surface area contributed by atoms with Gasteiger partial charge in [-0.15, -0.1) is 0 Å². The van der Waals surface area contributed by atoms with Crippen molar-refractivity contribution in [2.75, 3.05) is 7.11 Å². The summed E-state index contributed by atoms with van der Waals surface area (Å²) in [4.78, 5) is 0. The molecule has 0 spiro atoms. The minimum atomic E-state index is 0.577. The Kier molecular flexibility index (Phi) is 3.44. The molecule has 0 N–H and O–H groups in total. The fourth-order valence-corrected chi connectivity index (χ4v) is 1.43.